The Bertz CT molecular complexity index is 609. The van der Waals surface area contributed by atoms with Gasteiger partial charge >= 0.3 is 0 Å². The topological polar surface area (TPSA) is 46.6 Å². The molecule has 1 atom stereocenters. The van der Waals surface area contributed by atoms with Crippen molar-refractivity contribution in [3.63, 3.8) is 0 Å². The summed E-state index contributed by atoms with van der Waals surface area (Å²) in [4.78, 5) is -0.552. The van der Waals surface area contributed by atoms with Crippen LogP contribution in [0.2, 0.25) is 0 Å². The van der Waals surface area contributed by atoms with Crippen LogP contribution >= 0.6 is 11.6 Å². The number of hydrogen-bond acceptors (Lipinski definition) is 3. The number of alkyl halides is 1. The summed E-state index contributed by atoms with van der Waals surface area (Å²) in [6.45, 7) is 2.24. The molecule has 0 radical (unpaired) electrons. The van der Waals surface area contributed by atoms with E-state index in [1.54, 1.807) is 6.92 Å². The van der Waals surface area contributed by atoms with E-state index in [-0.39, 0.29) is 25.8 Å². The van der Waals surface area contributed by atoms with Crippen LogP contribution in [0.25, 0.3) is 0 Å². The highest BCUT2D eigenvalue weighted by Crippen LogP contribution is 2.26. The third kappa shape index (κ3) is 2.81. The van der Waals surface area contributed by atoms with Crippen LogP contribution in [0.1, 0.15) is 12.5 Å². The van der Waals surface area contributed by atoms with E-state index in [2.05, 4.69) is 0 Å². The van der Waals surface area contributed by atoms with Gasteiger partial charge in [0.15, 0.2) is 5.82 Å². The lowest BCUT2D eigenvalue weighted by atomic mass is 10.2. The van der Waals surface area contributed by atoms with Gasteiger partial charge in [-0.2, -0.15) is 4.31 Å². The van der Waals surface area contributed by atoms with Gasteiger partial charge in [0.1, 0.15) is 10.7 Å². The van der Waals surface area contributed by atoms with Crippen LogP contribution in [-0.2, 0) is 20.6 Å². The summed E-state index contributed by atoms with van der Waals surface area (Å²) in [5.74, 6) is -2.41. The molecule has 20 heavy (non-hydrogen) atoms. The Morgan fingerprint density at radius 3 is 2.75 bits per heavy atom. The van der Waals surface area contributed by atoms with Gasteiger partial charge in [-0.15, -0.1) is 11.6 Å². The first-order chi connectivity index (χ1) is 9.37. The third-order valence-electron chi connectivity index (χ3n) is 3.11. The zero-order valence-corrected chi connectivity index (χ0v) is 12.3. The molecule has 1 saturated heterocycles. The maximum Gasteiger partial charge on any atom is 0.246 e. The molecule has 1 unspecified atom stereocenters. The standard InChI is InChI=1S/C12H14ClF2NO3S/c1-8-7-16(4-5-19-8)20(17,18)11-3-2-10(14)9(6-13)12(11)15/h2-3,8H,4-7H2,1H3. The van der Waals surface area contributed by atoms with E-state index in [0.29, 0.717) is 0 Å². The number of rotatable bonds is 3. The monoisotopic (exact) mass is 325 g/mol. The molecule has 0 aromatic heterocycles. The smallest absolute Gasteiger partial charge is 0.246 e. The first-order valence-electron chi connectivity index (χ1n) is 6.02. The molecule has 0 N–H and O–H groups in total. The second kappa shape index (κ2) is 5.93. The van der Waals surface area contributed by atoms with Gasteiger partial charge in [-0.1, -0.05) is 0 Å². The average Bonchev–Trinajstić information content (AvgIpc) is 2.39. The Balaban J connectivity index is 2.44. The highest BCUT2D eigenvalue weighted by molar-refractivity contribution is 7.89. The minimum atomic E-state index is -4.02. The van der Waals surface area contributed by atoms with E-state index in [9.17, 15) is 17.2 Å². The van der Waals surface area contributed by atoms with Crippen LogP contribution in [0.5, 0.6) is 0 Å². The normalized spacial score (nSPS) is 21.1. The molecule has 8 heteroatoms. The van der Waals surface area contributed by atoms with Crippen LogP contribution in [-0.4, -0.2) is 38.5 Å². The highest BCUT2D eigenvalue weighted by atomic mass is 35.5. The summed E-state index contributed by atoms with van der Waals surface area (Å²) in [5, 5.41) is 0. The highest BCUT2D eigenvalue weighted by Gasteiger charge is 2.32. The molecule has 2 rings (SSSR count). The van der Waals surface area contributed by atoms with Crippen molar-refractivity contribution in [2.45, 2.75) is 23.8 Å². The molecule has 112 valence electrons. The van der Waals surface area contributed by atoms with Crippen molar-refractivity contribution in [3.8, 4) is 0 Å². The van der Waals surface area contributed by atoms with Crippen molar-refractivity contribution in [3.05, 3.63) is 29.3 Å². The largest absolute Gasteiger partial charge is 0.376 e. The van der Waals surface area contributed by atoms with E-state index in [4.69, 9.17) is 16.3 Å². The maximum absolute atomic E-state index is 14.1. The molecule has 1 fully saturated rings. The molecule has 1 heterocycles. The number of halogens is 3. The quantitative estimate of drug-likeness (QED) is 0.800. The molecule has 0 saturated carbocycles. The van der Waals surface area contributed by atoms with E-state index in [1.165, 1.54) is 0 Å². The molecule has 0 bridgehead atoms. The van der Waals surface area contributed by atoms with Gasteiger partial charge in [0, 0.05) is 18.7 Å². The fourth-order valence-electron chi connectivity index (χ4n) is 2.04. The zero-order chi connectivity index (χ0) is 14.9. The van der Waals surface area contributed by atoms with Crippen molar-refractivity contribution in [1.29, 1.82) is 0 Å². The summed E-state index contributed by atoms with van der Waals surface area (Å²) < 4.78 is 58.7. The molecule has 0 spiro atoms. The summed E-state index contributed by atoms with van der Waals surface area (Å²) in [7, 11) is -4.02. The van der Waals surface area contributed by atoms with Crippen molar-refractivity contribution in [2.24, 2.45) is 0 Å². The minimum Gasteiger partial charge on any atom is -0.376 e. The predicted octanol–water partition coefficient (Wildman–Crippen LogP) is 2.11. The molecule has 1 aromatic carbocycles. The number of sulfonamides is 1. The Morgan fingerprint density at radius 2 is 2.15 bits per heavy atom. The van der Waals surface area contributed by atoms with E-state index < -0.39 is 38.0 Å². The van der Waals surface area contributed by atoms with Gasteiger partial charge in [0.25, 0.3) is 0 Å². The Hall–Kier alpha value is -0.760. The van der Waals surface area contributed by atoms with E-state index in [0.717, 1.165) is 16.4 Å². The van der Waals surface area contributed by atoms with Gasteiger partial charge in [0.2, 0.25) is 10.0 Å². The molecule has 4 nitrogen and oxygen atoms in total. The van der Waals surface area contributed by atoms with Crippen LogP contribution in [0.4, 0.5) is 8.78 Å². The second-order valence-corrected chi connectivity index (χ2v) is 6.69. The number of nitrogens with zero attached hydrogens (tertiary/aromatic N) is 1. The molecule has 1 aliphatic heterocycles. The van der Waals surface area contributed by atoms with Gasteiger partial charge in [0.05, 0.1) is 18.6 Å². The van der Waals surface area contributed by atoms with Crippen molar-refractivity contribution >= 4 is 21.6 Å². The molecule has 0 amide bonds. The van der Waals surface area contributed by atoms with Gasteiger partial charge < -0.3 is 4.74 Å². The Labute approximate surface area is 121 Å². The lowest BCUT2D eigenvalue weighted by Gasteiger charge is -2.30. The summed E-state index contributed by atoms with van der Waals surface area (Å²) >= 11 is 5.46. The lowest BCUT2D eigenvalue weighted by Crippen LogP contribution is -2.44. The number of morpholine rings is 1. The molecule has 1 aromatic rings. The summed E-state index contributed by atoms with van der Waals surface area (Å²) in [5.41, 5.74) is -0.436. The maximum atomic E-state index is 14.1. The van der Waals surface area contributed by atoms with Gasteiger partial charge in [-0.25, -0.2) is 17.2 Å². The summed E-state index contributed by atoms with van der Waals surface area (Å²) in [6.07, 6.45) is -0.269. The van der Waals surface area contributed by atoms with Gasteiger partial charge in [-0.05, 0) is 19.1 Å². The Morgan fingerprint density at radius 1 is 1.45 bits per heavy atom. The fourth-order valence-corrected chi connectivity index (χ4v) is 3.88. The average molecular weight is 326 g/mol. The van der Waals surface area contributed by atoms with Crippen LogP contribution in [0, 0.1) is 11.6 Å². The molecule has 1 aliphatic rings. The SMILES string of the molecule is CC1CN(S(=O)(=O)c2ccc(F)c(CCl)c2F)CCO1. The summed E-state index contributed by atoms with van der Waals surface area (Å²) in [6, 6.07) is 1.84. The van der Waals surface area contributed by atoms with Crippen molar-refractivity contribution < 1.29 is 21.9 Å². The lowest BCUT2D eigenvalue weighted by molar-refractivity contribution is 0.0101. The first-order valence-corrected chi connectivity index (χ1v) is 8.00. The second-order valence-electron chi connectivity index (χ2n) is 4.52. The van der Waals surface area contributed by atoms with Crippen molar-refractivity contribution in [1.82, 2.24) is 4.31 Å². The van der Waals surface area contributed by atoms with Crippen LogP contribution in [0.15, 0.2) is 17.0 Å². The first kappa shape index (κ1) is 15.6. The molecule has 0 aliphatic carbocycles. The minimum absolute atomic E-state index is 0.134. The van der Waals surface area contributed by atoms with E-state index in [1.807, 2.05) is 0 Å². The number of hydrogen-bond donors (Lipinski definition) is 0. The number of benzene rings is 1. The van der Waals surface area contributed by atoms with Gasteiger partial charge in [-0.3, -0.25) is 0 Å². The fraction of sp³-hybridized carbons (Fsp3) is 0.500. The van der Waals surface area contributed by atoms with Crippen molar-refractivity contribution in [2.75, 3.05) is 19.7 Å². The third-order valence-corrected chi connectivity index (χ3v) is 5.26. The molecular weight excluding hydrogens is 312 g/mol. The van der Waals surface area contributed by atoms with E-state index >= 15 is 0 Å². The molecular formula is C12H14ClF2NO3S. The predicted molar refractivity (Wildman–Crippen MR) is 70.1 cm³/mol. The number of ether oxygens (including phenoxy) is 1. The van der Waals surface area contributed by atoms with Crippen LogP contribution < -0.4 is 0 Å². The van der Waals surface area contributed by atoms with Crippen LogP contribution in [0.3, 0.4) is 0 Å². The zero-order valence-electron chi connectivity index (χ0n) is 10.8. The Kier molecular flexibility index (Phi) is 4.63.